The topological polar surface area (TPSA) is 67.3 Å². The fraction of sp³-hybridized carbons (Fsp3) is 0.667. The molecule has 0 amide bonds. The smallest absolute Gasteiger partial charge is 0.0206 e. The number of nitrogens with two attached hydrogens (primary N) is 2. The highest BCUT2D eigenvalue weighted by Gasteiger charge is 2.16. The minimum Gasteiger partial charge on any atom is -0.329 e. The normalized spacial score (nSPS) is 15.8. The van der Waals surface area contributed by atoms with E-state index in [1.807, 2.05) is 0 Å². The minimum absolute atomic E-state index is 0.697. The van der Waals surface area contributed by atoms with Crippen molar-refractivity contribution in [1.29, 1.82) is 0 Å². The van der Waals surface area contributed by atoms with Crippen LogP contribution in [0.2, 0.25) is 0 Å². The Morgan fingerprint density at radius 2 is 1.59 bits per heavy atom. The van der Waals surface area contributed by atoms with Crippen molar-refractivity contribution in [2.45, 2.75) is 38.1 Å². The second kappa shape index (κ2) is 9.95. The Morgan fingerprint density at radius 1 is 0.955 bits per heavy atom. The highest BCUT2D eigenvalue weighted by Crippen LogP contribution is 2.33. The first kappa shape index (κ1) is 17.4. The van der Waals surface area contributed by atoms with Crippen LogP contribution in [0.15, 0.2) is 24.3 Å². The Balaban J connectivity index is 1.68. The van der Waals surface area contributed by atoms with Crippen molar-refractivity contribution in [3.8, 4) is 0 Å². The summed E-state index contributed by atoms with van der Waals surface area (Å²) in [5, 5.41) is 3.51. The van der Waals surface area contributed by atoms with Crippen LogP contribution < -0.4 is 16.8 Å². The first-order valence-electron chi connectivity index (χ1n) is 8.75. The summed E-state index contributed by atoms with van der Waals surface area (Å²) in [5.74, 6) is 0.808. The van der Waals surface area contributed by atoms with Crippen LogP contribution in [0.25, 0.3) is 0 Å². The molecule has 1 aromatic rings. The number of benzene rings is 1. The van der Waals surface area contributed by atoms with Crippen LogP contribution in [0, 0.1) is 0 Å². The van der Waals surface area contributed by atoms with Gasteiger partial charge < -0.3 is 16.8 Å². The third-order valence-electron chi connectivity index (χ3n) is 4.63. The Hall–Kier alpha value is -0.940. The van der Waals surface area contributed by atoms with E-state index >= 15 is 0 Å². The monoisotopic (exact) mass is 304 g/mol. The van der Waals surface area contributed by atoms with E-state index in [4.69, 9.17) is 11.5 Å². The minimum atomic E-state index is 0.697. The molecule has 22 heavy (non-hydrogen) atoms. The van der Waals surface area contributed by atoms with Crippen molar-refractivity contribution in [2.24, 2.45) is 11.5 Å². The Bertz CT molecular complexity index is 392. The van der Waals surface area contributed by atoms with Gasteiger partial charge in [-0.25, -0.2) is 0 Å². The lowest BCUT2D eigenvalue weighted by Gasteiger charge is -2.20. The predicted molar refractivity (Wildman–Crippen MR) is 93.9 cm³/mol. The SMILES string of the molecule is NCCN(CCN)CCNCc1ccc(C2CCCC2)cc1. The van der Waals surface area contributed by atoms with Gasteiger partial charge in [-0.1, -0.05) is 37.1 Å². The van der Waals surface area contributed by atoms with Crippen LogP contribution in [0.5, 0.6) is 0 Å². The Labute approximate surface area is 135 Å². The molecule has 1 aliphatic rings. The zero-order chi connectivity index (χ0) is 15.6. The van der Waals surface area contributed by atoms with Gasteiger partial charge in [0.1, 0.15) is 0 Å². The van der Waals surface area contributed by atoms with Gasteiger partial charge in [0.2, 0.25) is 0 Å². The van der Waals surface area contributed by atoms with Crippen molar-refractivity contribution in [3.63, 3.8) is 0 Å². The molecule has 0 saturated heterocycles. The van der Waals surface area contributed by atoms with Crippen molar-refractivity contribution < 1.29 is 0 Å². The molecule has 4 heteroatoms. The van der Waals surface area contributed by atoms with E-state index in [0.717, 1.165) is 38.6 Å². The van der Waals surface area contributed by atoms with Crippen LogP contribution in [0.1, 0.15) is 42.7 Å². The van der Waals surface area contributed by atoms with E-state index in [1.54, 1.807) is 0 Å². The van der Waals surface area contributed by atoms with E-state index in [1.165, 1.54) is 36.8 Å². The third kappa shape index (κ3) is 5.69. The van der Waals surface area contributed by atoms with Crippen LogP contribution in [0.3, 0.4) is 0 Å². The lowest BCUT2D eigenvalue weighted by atomic mass is 9.97. The number of rotatable bonds is 10. The average Bonchev–Trinajstić information content (AvgIpc) is 3.07. The first-order chi connectivity index (χ1) is 10.8. The molecule has 5 N–H and O–H groups in total. The maximum absolute atomic E-state index is 5.62. The summed E-state index contributed by atoms with van der Waals surface area (Å²) in [6.07, 6.45) is 5.54. The lowest BCUT2D eigenvalue weighted by molar-refractivity contribution is 0.287. The van der Waals surface area contributed by atoms with Gasteiger partial charge in [-0.15, -0.1) is 0 Å². The molecule has 0 aliphatic heterocycles. The van der Waals surface area contributed by atoms with Crippen molar-refractivity contribution in [1.82, 2.24) is 10.2 Å². The molecule has 1 fully saturated rings. The molecule has 0 aromatic heterocycles. The largest absolute Gasteiger partial charge is 0.329 e. The number of hydrogen-bond donors (Lipinski definition) is 3. The van der Waals surface area contributed by atoms with Crippen LogP contribution in [-0.4, -0.2) is 44.2 Å². The molecule has 1 saturated carbocycles. The number of nitrogens with one attached hydrogen (secondary N) is 1. The van der Waals surface area contributed by atoms with Gasteiger partial charge in [-0.3, -0.25) is 4.90 Å². The maximum Gasteiger partial charge on any atom is 0.0206 e. The van der Waals surface area contributed by atoms with Gasteiger partial charge in [0.15, 0.2) is 0 Å². The third-order valence-corrected chi connectivity index (χ3v) is 4.63. The van der Waals surface area contributed by atoms with Gasteiger partial charge in [-0.05, 0) is 29.9 Å². The summed E-state index contributed by atoms with van der Waals surface area (Å²) in [5.41, 5.74) is 14.1. The molecule has 0 atom stereocenters. The summed E-state index contributed by atoms with van der Waals surface area (Å²) in [4.78, 5) is 2.32. The summed E-state index contributed by atoms with van der Waals surface area (Å²) >= 11 is 0. The van der Waals surface area contributed by atoms with E-state index in [0.29, 0.717) is 13.1 Å². The summed E-state index contributed by atoms with van der Waals surface area (Å²) in [7, 11) is 0. The molecule has 2 rings (SSSR count). The van der Waals surface area contributed by atoms with Crippen molar-refractivity contribution in [3.05, 3.63) is 35.4 Å². The number of hydrogen-bond acceptors (Lipinski definition) is 4. The summed E-state index contributed by atoms with van der Waals surface area (Å²) < 4.78 is 0. The van der Waals surface area contributed by atoms with E-state index in [-0.39, 0.29) is 0 Å². The number of nitrogens with zero attached hydrogens (tertiary/aromatic N) is 1. The van der Waals surface area contributed by atoms with E-state index in [9.17, 15) is 0 Å². The molecule has 1 aliphatic carbocycles. The molecule has 124 valence electrons. The molecule has 1 aromatic carbocycles. The molecule has 0 unspecified atom stereocenters. The van der Waals surface area contributed by atoms with Crippen molar-refractivity contribution >= 4 is 0 Å². The Morgan fingerprint density at radius 3 is 2.18 bits per heavy atom. The molecule has 4 nitrogen and oxygen atoms in total. The first-order valence-corrected chi connectivity index (χ1v) is 8.75. The summed E-state index contributed by atoms with van der Waals surface area (Å²) in [6, 6.07) is 9.20. The van der Waals surface area contributed by atoms with Gasteiger partial charge in [0, 0.05) is 45.8 Å². The van der Waals surface area contributed by atoms with Crippen molar-refractivity contribution in [2.75, 3.05) is 39.3 Å². The van der Waals surface area contributed by atoms with Crippen LogP contribution >= 0.6 is 0 Å². The highest BCUT2D eigenvalue weighted by molar-refractivity contribution is 5.25. The quantitative estimate of drug-likeness (QED) is 0.575. The average molecular weight is 304 g/mol. The molecule has 0 radical (unpaired) electrons. The van der Waals surface area contributed by atoms with Gasteiger partial charge >= 0.3 is 0 Å². The second-order valence-corrected chi connectivity index (χ2v) is 6.32. The second-order valence-electron chi connectivity index (χ2n) is 6.32. The lowest BCUT2D eigenvalue weighted by Crippen LogP contribution is -2.38. The standard InChI is InChI=1S/C18H32N4/c19-9-12-22(13-10-20)14-11-21-15-16-5-7-18(8-6-16)17-3-1-2-4-17/h5-8,17,21H,1-4,9-15,19-20H2. The van der Waals surface area contributed by atoms with Gasteiger partial charge in [0.25, 0.3) is 0 Å². The van der Waals surface area contributed by atoms with Crippen LogP contribution in [0.4, 0.5) is 0 Å². The Kier molecular flexibility index (Phi) is 7.88. The van der Waals surface area contributed by atoms with Gasteiger partial charge in [0.05, 0.1) is 0 Å². The molecule has 0 heterocycles. The fourth-order valence-electron chi connectivity index (χ4n) is 3.34. The van der Waals surface area contributed by atoms with E-state index < -0.39 is 0 Å². The zero-order valence-corrected chi connectivity index (χ0v) is 13.8. The highest BCUT2D eigenvalue weighted by atomic mass is 15.1. The molecular weight excluding hydrogens is 272 g/mol. The zero-order valence-electron chi connectivity index (χ0n) is 13.8. The predicted octanol–water partition coefficient (Wildman–Crippen LogP) is 1.65. The summed E-state index contributed by atoms with van der Waals surface area (Å²) in [6.45, 7) is 6.16. The van der Waals surface area contributed by atoms with E-state index in [2.05, 4.69) is 34.5 Å². The fourth-order valence-corrected chi connectivity index (χ4v) is 3.34. The van der Waals surface area contributed by atoms with Gasteiger partial charge in [-0.2, -0.15) is 0 Å². The molecular formula is C18H32N4. The maximum atomic E-state index is 5.62. The van der Waals surface area contributed by atoms with Crippen LogP contribution in [-0.2, 0) is 6.54 Å². The molecule has 0 bridgehead atoms. The molecule has 0 spiro atoms.